The molecule has 34 heavy (non-hydrogen) atoms. The summed E-state index contributed by atoms with van der Waals surface area (Å²) in [4.78, 5) is 24.8. The lowest BCUT2D eigenvalue weighted by Gasteiger charge is -2.11. The van der Waals surface area contributed by atoms with Crippen LogP contribution in [-0.4, -0.2) is 18.4 Å². The maximum absolute atomic E-state index is 13.1. The summed E-state index contributed by atoms with van der Waals surface area (Å²) in [7, 11) is 0. The molecule has 0 bridgehead atoms. The van der Waals surface area contributed by atoms with Crippen LogP contribution >= 0.6 is 34.8 Å². The lowest BCUT2D eigenvalue weighted by Crippen LogP contribution is -2.20. The van der Waals surface area contributed by atoms with Gasteiger partial charge in [0.15, 0.2) is 6.61 Å². The molecule has 0 aliphatic rings. The van der Waals surface area contributed by atoms with Crippen molar-refractivity contribution in [2.75, 3.05) is 17.2 Å². The van der Waals surface area contributed by atoms with Crippen LogP contribution in [0.15, 0.2) is 66.2 Å². The van der Waals surface area contributed by atoms with Crippen molar-refractivity contribution in [3.8, 4) is 11.8 Å². The van der Waals surface area contributed by atoms with Gasteiger partial charge in [-0.2, -0.15) is 5.26 Å². The quantitative estimate of drug-likeness (QED) is 0.282. The standard InChI is InChI=1S/C24H15Cl3FN3O3/c25-16-1-8-22(34-13-23(32)30-19-6-7-20(26)21(27)11-19)14(10-16)9-15(12-29)24(33)31-18-4-2-17(28)3-5-18/h1-11H,13H2,(H,30,32)(H,31,33)/b15-9+. The number of nitriles is 1. The van der Waals surface area contributed by atoms with E-state index in [-0.39, 0.29) is 23.0 Å². The molecule has 0 heterocycles. The number of hydrogen-bond donors (Lipinski definition) is 2. The first kappa shape index (κ1) is 25.1. The van der Waals surface area contributed by atoms with Crippen LogP contribution in [0, 0.1) is 17.1 Å². The molecule has 172 valence electrons. The summed E-state index contributed by atoms with van der Waals surface area (Å²) in [5.74, 6) is -1.43. The van der Waals surface area contributed by atoms with Gasteiger partial charge in [0.05, 0.1) is 10.0 Å². The van der Waals surface area contributed by atoms with Crippen LogP contribution in [0.3, 0.4) is 0 Å². The molecule has 0 radical (unpaired) electrons. The molecule has 0 saturated heterocycles. The Morgan fingerprint density at radius 1 is 0.941 bits per heavy atom. The van der Waals surface area contributed by atoms with Crippen molar-refractivity contribution in [2.45, 2.75) is 0 Å². The monoisotopic (exact) mass is 517 g/mol. The number of benzene rings is 3. The minimum Gasteiger partial charge on any atom is -0.483 e. The summed E-state index contributed by atoms with van der Waals surface area (Å²) in [6.07, 6.45) is 1.27. The van der Waals surface area contributed by atoms with E-state index in [4.69, 9.17) is 39.5 Å². The van der Waals surface area contributed by atoms with E-state index in [0.29, 0.717) is 27.0 Å². The van der Waals surface area contributed by atoms with Gasteiger partial charge < -0.3 is 15.4 Å². The van der Waals surface area contributed by atoms with Gasteiger partial charge in [-0.1, -0.05) is 34.8 Å². The molecule has 0 unspecified atom stereocenters. The minimum absolute atomic E-state index is 0.219. The smallest absolute Gasteiger partial charge is 0.266 e. The first-order valence-corrected chi connectivity index (χ1v) is 10.7. The van der Waals surface area contributed by atoms with Crippen molar-refractivity contribution in [2.24, 2.45) is 0 Å². The molecule has 0 atom stereocenters. The molecular weight excluding hydrogens is 504 g/mol. The van der Waals surface area contributed by atoms with Gasteiger partial charge in [0.25, 0.3) is 11.8 Å². The van der Waals surface area contributed by atoms with Gasteiger partial charge in [0.2, 0.25) is 0 Å². The second-order valence-corrected chi connectivity index (χ2v) is 8.03. The van der Waals surface area contributed by atoms with Crippen LogP contribution in [0.4, 0.5) is 15.8 Å². The summed E-state index contributed by atoms with van der Waals surface area (Å²) >= 11 is 17.9. The molecular formula is C24H15Cl3FN3O3. The normalized spacial score (nSPS) is 10.9. The SMILES string of the molecule is N#C/C(=C\c1cc(Cl)ccc1OCC(=O)Nc1ccc(Cl)c(Cl)c1)C(=O)Nc1ccc(F)cc1. The number of carbonyl (C=O) groups is 2. The zero-order valence-electron chi connectivity index (χ0n) is 17.2. The second-order valence-electron chi connectivity index (χ2n) is 6.78. The molecule has 3 aromatic carbocycles. The number of hydrogen-bond acceptors (Lipinski definition) is 4. The fraction of sp³-hybridized carbons (Fsp3) is 0.0417. The van der Waals surface area contributed by atoms with Crippen LogP contribution in [-0.2, 0) is 9.59 Å². The summed E-state index contributed by atoms with van der Waals surface area (Å²) < 4.78 is 18.6. The Labute approximate surface area is 209 Å². The van der Waals surface area contributed by atoms with E-state index in [0.717, 1.165) is 0 Å². The van der Waals surface area contributed by atoms with E-state index < -0.39 is 17.6 Å². The molecule has 2 amide bonds. The molecule has 0 spiro atoms. The Balaban J connectivity index is 1.73. The average molecular weight is 519 g/mol. The highest BCUT2D eigenvalue weighted by Crippen LogP contribution is 2.27. The second kappa shape index (κ2) is 11.5. The first-order chi connectivity index (χ1) is 16.2. The topological polar surface area (TPSA) is 91.2 Å². The fourth-order valence-corrected chi connectivity index (χ4v) is 3.19. The maximum atomic E-state index is 13.1. The van der Waals surface area contributed by atoms with Crippen LogP contribution in [0.25, 0.3) is 6.08 Å². The molecule has 6 nitrogen and oxygen atoms in total. The highest BCUT2D eigenvalue weighted by atomic mass is 35.5. The van der Waals surface area contributed by atoms with Crippen molar-refractivity contribution >= 4 is 64.1 Å². The Kier molecular flexibility index (Phi) is 8.50. The summed E-state index contributed by atoms with van der Waals surface area (Å²) in [5.41, 5.74) is 0.801. The molecule has 0 fully saturated rings. The number of halogens is 4. The number of nitrogens with zero attached hydrogens (tertiary/aromatic N) is 1. The Morgan fingerprint density at radius 2 is 1.65 bits per heavy atom. The van der Waals surface area contributed by atoms with Gasteiger partial charge in [-0.3, -0.25) is 9.59 Å². The number of anilines is 2. The zero-order valence-corrected chi connectivity index (χ0v) is 19.5. The lowest BCUT2D eigenvalue weighted by molar-refractivity contribution is -0.118. The lowest BCUT2D eigenvalue weighted by atomic mass is 10.1. The molecule has 0 aliphatic heterocycles. The Morgan fingerprint density at radius 3 is 2.32 bits per heavy atom. The van der Waals surface area contributed by atoms with E-state index in [1.807, 2.05) is 6.07 Å². The third kappa shape index (κ3) is 6.96. The van der Waals surface area contributed by atoms with E-state index in [1.165, 1.54) is 54.6 Å². The van der Waals surface area contributed by atoms with Crippen molar-refractivity contribution in [1.82, 2.24) is 0 Å². The van der Waals surface area contributed by atoms with Gasteiger partial charge in [-0.15, -0.1) is 0 Å². The third-order valence-electron chi connectivity index (χ3n) is 4.30. The highest BCUT2D eigenvalue weighted by molar-refractivity contribution is 6.42. The molecule has 10 heteroatoms. The predicted molar refractivity (Wildman–Crippen MR) is 131 cm³/mol. The maximum Gasteiger partial charge on any atom is 0.266 e. The first-order valence-electron chi connectivity index (χ1n) is 9.61. The van der Waals surface area contributed by atoms with E-state index in [2.05, 4.69) is 10.6 Å². The van der Waals surface area contributed by atoms with Crippen LogP contribution in [0.2, 0.25) is 15.1 Å². The molecule has 0 aromatic heterocycles. The van der Waals surface area contributed by atoms with Crippen molar-refractivity contribution in [1.29, 1.82) is 5.26 Å². The average Bonchev–Trinajstić information content (AvgIpc) is 2.80. The Hall–Kier alpha value is -3.57. The van der Waals surface area contributed by atoms with Crippen molar-refractivity contribution in [3.63, 3.8) is 0 Å². The highest BCUT2D eigenvalue weighted by Gasteiger charge is 2.13. The van der Waals surface area contributed by atoms with Gasteiger partial charge in [0, 0.05) is 22.0 Å². The number of rotatable bonds is 7. The molecule has 2 N–H and O–H groups in total. The summed E-state index contributed by atoms with van der Waals surface area (Å²) in [6.45, 7) is -0.369. The minimum atomic E-state index is -0.711. The van der Waals surface area contributed by atoms with Crippen molar-refractivity contribution < 1.29 is 18.7 Å². The van der Waals surface area contributed by atoms with Crippen molar-refractivity contribution in [3.05, 3.63) is 92.7 Å². The molecule has 0 aliphatic carbocycles. The van der Waals surface area contributed by atoms with E-state index >= 15 is 0 Å². The van der Waals surface area contributed by atoms with E-state index in [1.54, 1.807) is 12.1 Å². The number of amides is 2. The molecule has 3 aromatic rings. The number of nitrogens with one attached hydrogen (secondary N) is 2. The third-order valence-corrected chi connectivity index (χ3v) is 5.28. The molecule has 3 rings (SSSR count). The van der Waals surface area contributed by atoms with Gasteiger partial charge in [-0.25, -0.2) is 4.39 Å². The van der Waals surface area contributed by atoms with E-state index in [9.17, 15) is 19.2 Å². The number of carbonyl (C=O) groups excluding carboxylic acids is 2. The van der Waals surface area contributed by atoms with Crippen LogP contribution in [0.1, 0.15) is 5.56 Å². The van der Waals surface area contributed by atoms with Crippen LogP contribution < -0.4 is 15.4 Å². The van der Waals surface area contributed by atoms with Gasteiger partial charge >= 0.3 is 0 Å². The Bertz CT molecular complexity index is 1310. The zero-order chi connectivity index (χ0) is 24.7. The van der Waals surface area contributed by atoms with Gasteiger partial charge in [-0.05, 0) is 66.7 Å². The number of ether oxygens (including phenoxy) is 1. The largest absolute Gasteiger partial charge is 0.483 e. The van der Waals surface area contributed by atoms with Gasteiger partial charge in [0.1, 0.15) is 23.2 Å². The molecule has 0 saturated carbocycles. The summed E-state index contributed by atoms with van der Waals surface area (Å²) in [5, 5.41) is 15.6. The predicted octanol–water partition coefficient (Wildman–Crippen LogP) is 6.35. The van der Waals surface area contributed by atoms with Crippen LogP contribution in [0.5, 0.6) is 5.75 Å². The fourth-order valence-electron chi connectivity index (χ4n) is 2.71. The summed E-state index contributed by atoms with van der Waals surface area (Å²) in [6, 6.07) is 16.0.